The second-order valence-electron chi connectivity index (χ2n) is 8.00. The van der Waals surface area contributed by atoms with Crippen LogP contribution in [0, 0.1) is 25.6 Å². The highest BCUT2D eigenvalue weighted by molar-refractivity contribution is 5.79. The number of hydrogen-bond acceptors (Lipinski definition) is 4. The molecule has 2 aromatic rings. The number of benzene rings is 1. The Morgan fingerprint density at radius 1 is 1.27 bits per heavy atom. The van der Waals surface area contributed by atoms with Crippen LogP contribution in [0.25, 0.3) is 0 Å². The fourth-order valence-corrected chi connectivity index (χ4v) is 3.71. The average Bonchev–Trinajstić information content (AvgIpc) is 3.04. The topological polar surface area (TPSA) is 65.7 Å². The second-order valence-corrected chi connectivity index (χ2v) is 8.00. The Balaban J connectivity index is 1.41. The van der Waals surface area contributed by atoms with E-state index in [1.54, 1.807) is 12.1 Å². The molecule has 0 atom stereocenters. The zero-order valence-electron chi connectivity index (χ0n) is 18.4. The Morgan fingerprint density at radius 2 is 2.07 bits per heavy atom. The Morgan fingerprint density at radius 3 is 2.73 bits per heavy atom. The van der Waals surface area contributed by atoms with Crippen LogP contribution < -0.4 is 10.6 Å². The number of oxazole rings is 1. The minimum Gasteiger partial charge on any atom is -0.444 e. The molecule has 6 nitrogen and oxygen atoms in total. The quantitative estimate of drug-likeness (QED) is 0.511. The van der Waals surface area contributed by atoms with E-state index in [1.165, 1.54) is 6.07 Å². The summed E-state index contributed by atoms with van der Waals surface area (Å²) in [7, 11) is 0. The summed E-state index contributed by atoms with van der Waals surface area (Å²) in [4.78, 5) is 11.7. The van der Waals surface area contributed by atoms with Crippen molar-refractivity contribution in [3.63, 3.8) is 0 Å². The standard InChI is InChI=1S/C23H34FN5O/c1-4-25-23(26-11-8-19-6-5-7-21(24)14-19)27-15-20-9-12-29(13-10-20)16-22-28-17(2)18(3)30-22/h5-7,14,20H,4,8-13,15-16H2,1-3H3,(H2,25,26,27). The van der Waals surface area contributed by atoms with Gasteiger partial charge in [-0.15, -0.1) is 0 Å². The lowest BCUT2D eigenvalue weighted by atomic mass is 9.97. The minimum atomic E-state index is -0.187. The summed E-state index contributed by atoms with van der Waals surface area (Å²) >= 11 is 0. The molecule has 30 heavy (non-hydrogen) atoms. The van der Waals surface area contributed by atoms with E-state index in [-0.39, 0.29) is 5.82 Å². The van der Waals surface area contributed by atoms with E-state index in [2.05, 4.69) is 27.4 Å². The first-order valence-corrected chi connectivity index (χ1v) is 11.0. The summed E-state index contributed by atoms with van der Waals surface area (Å²) in [6.07, 6.45) is 3.02. The van der Waals surface area contributed by atoms with Crippen LogP contribution in [0.2, 0.25) is 0 Å². The molecule has 164 valence electrons. The molecule has 2 heterocycles. The van der Waals surface area contributed by atoms with Gasteiger partial charge in [0, 0.05) is 19.6 Å². The molecule has 1 fully saturated rings. The predicted octanol–water partition coefficient (Wildman–Crippen LogP) is 3.44. The van der Waals surface area contributed by atoms with E-state index >= 15 is 0 Å². The average molecular weight is 416 g/mol. The van der Waals surface area contributed by atoms with Crippen LogP contribution in [-0.2, 0) is 13.0 Å². The van der Waals surface area contributed by atoms with E-state index in [9.17, 15) is 4.39 Å². The van der Waals surface area contributed by atoms with Crippen LogP contribution in [0.5, 0.6) is 0 Å². The number of aromatic nitrogens is 1. The number of nitrogens with one attached hydrogen (secondary N) is 2. The second kappa shape index (κ2) is 11.1. The molecule has 0 radical (unpaired) electrons. The van der Waals surface area contributed by atoms with Gasteiger partial charge < -0.3 is 15.1 Å². The Labute approximate surface area is 179 Å². The molecule has 1 aliphatic rings. The van der Waals surface area contributed by atoms with Crippen molar-refractivity contribution in [2.24, 2.45) is 10.9 Å². The van der Waals surface area contributed by atoms with Crippen molar-refractivity contribution in [1.82, 2.24) is 20.5 Å². The molecule has 1 aliphatic heterocycles. The van der Waals surface area contributed by atoms with Gasteiger partial charge in [0.1, 0.15) is 11.6 Å². The molecular formula is C23H34FN5O. The van der Waals surface area contributed by atoms with Crippen LogP contribution >= 0.6 is 0 Å². The Bertz CT molecular complexity index is 807. The molecule has 2 N–H and O–H groups in total. The van der Waals surface area contributed by atoms with Gasteiger partial charge >= 0.3 is 0 Å². The van der Waals surface area contributed by atoms with Crippen molar-refractivity contribution in [2.75, 3.05) is 32.7 Å². The van der Waals surface area contributed by atoms with E-state index in [0.29, 0.717) is 5.92 Å². The number of aliphatic imine (C=N–C) groups is 1. The minimum absolute atomic E-state index is 0.187. The number of guanidine groups is 1. The van der Waals surface area contributed by atoms with Crippen LogP contribution in [0.3, 0.4) is 0 Å². The largest absolute Gasteiger partial charge is 0.444 e. The first-order valence-electron chi connectivity index (χ1n) is 11.0. The molecule has 3 rings (SSSR count). The van der Waals surface area contributed by atoms with Crippen molar-refractivity contribution in [2.45, 2.75) is 46.6 Å². The van der Waals surface area contributed by atoms with E-state index in [1.807, 2.05) is 19.9 Å². The van der Waals surface area contributed by atoms with Crippen LogP contribution in [0.4, 0.5) is 4.39 Å². The number of halogens is 1. The maximum atomic E-state index is 13.3. The maximum Gasteiger partial charge on any atom is 0.208 e. The van der Waals surface area contributed by atoms with Crippen LogP contribution in [0.15, 0.2) is 33.7 Å². The SMILES string of the molecule is CCNC(=NCC1CCN(Cc2nc(C)c(C)o2)CC1)NCCc1cccc(F)c1. The number of likely N-dealkylation sites (tertiary alicyclic amines) is 1. The molecule has 1 saturated heterocycles. The number of rotatable bonds is 8. The van der Waals surface area contributed by atoms with Crippen LogP contribution in [0.1, 0.15) is 42.7 Å². The number of hydrogen-bond donors (Lipinski definition) is 2. The van der Waals surface area contributed by atoms with Gasteiger partial charge in [-0.2, -0.15) is 0 Å². The van der Waals surface area contributed by atoms with Gasteiger partial charge in [-0.25, -0.2) is 9.37 Å². The van der Waals surface area contributed by atoms with Crippen LogP contribution in [-0.4, -0.2) is 48.6 Å². The van der Waals surface area contributed by atoms with Gasteiger partial charge in [-0.05, 0) is 76.7 Å². The molecule has 1 aromatic heterocycles. The highest BCUT2D eigenvalue weighted by Crippen LogP contribution is 2.20. The predicted molar refractivity (Wildman–Crippen MR) is 118 cm³/mol. The fourth-order valence-electron chi connectivity index (χ4n) is 3.71. The van der Waals surface area contributed by atoms with E-state index in [4.69, 9.17) is 9.41 Å². The molecule has 0 amide bonds. The number of piperidine rings is 1. The smallest absolute Gasteiger partial charge is 0.208 e. The van der Waals surface area contributed by atoms with Gasteiger partial charge in [0.15, 0.2) is 5.96 Å². The lowest BCUT2D eigenvalue weighted by Crippen LogP contribution is -2.39. The van der Waals surface area contributed by atoms with Gasteiger partial charge in [-0.3, -0.25) is 9.89 Å². The summed E-state index contributed by atoms with van der Waals surface area (Å²) in [5, 5.41) is 6.67. The molecule has 1 aromatic carbocycles. The molecule has 0 unspecified atom stereocenters. The molecule has 0 aliphatic carbocycles. The number of nitrogens with zero attached hydrogens (tertiary/aromatic N) is 3. The lowest BCUT2D eigenvalue weighted by molar-refractivity contribution is 0.166. The summed E-state index contributed by atoms with van der Waals surface area (Å²) < 4.78 is 19.0. The van der Waals surface area contributed by atoms with E-state index in [0.717, 1.165) is 87.4 Å². The summed E-state index contributed by atoms with van der Waals surface area (Å²) in [6, 6.07) is 6.76. The number of aryl methyl sites for hydroxylation is 2. The Kier molecular flexibility index (Phi) is 8.25. The monoisotopic (exact) mass is 415 g/mol. The van der Waals surface area contributed by atoms with Gasteiger partial charge in [0.25, 0.3) is 0 Å². The van der Waals surface area contributed by atoms with Crippen molar-refractivity contribution < 1.29 is 8.81 Å². The van der Waals surface area contributed by atoms with Gasteiger partial charge in [0.05, 0.1) is 12.2 Å². The first kappa shape index (κ1) is 22.3. The third kappa shape index (κ3) is 6.83. The Hall–Kier alpha value is -2.41. The zero-order valence-corrected chi connectivity index (χ0v) is 18.4. The van der Waals surface area contributed by atoms with Crippen molar-refractivity contribution in [3.05, 3.63) is 53.0 Å². The highest BCUT2D eigenvalue weighted by atomic mass is 19.1. The normalized spacial score (nSPS) is 16.1. The van der Waals surface area contributed by atoms with E-state index < -0.39 is 0 Å². The summed E-state index contributed by atoms with van der Waals surface area (Å²) in [5.41, 5.74) is 1.97. The molecular weight excluding hydrogens is 381 g/mol. The fraction of sp³-hybridized carbons (Fsp3) is 0.565. The molecule has 0 spiro atoms. The first-order chi connectivity index (χ1) is 14.5. The molecule has 0 bridgehead atoms. The molecule has 7 heteroatoms. The summed E-state index contributed by atoms with van der Waals surface area (Å²) in [6.45, 7) is 11.3. The van der Waals surface area contributed by atoms with Crippen molar-refractivity contribution in [3.8, 4) is 0 Å². The van der Waals surface area contributed by atoms with Crippen molar-refractivity contribution >= 4 is 5.96 Å². The summed E-state index contributed by atoms with van der Waals surface area (Å²) in [5.74, 6) is 2.97. The highest BCUT2D eigenvalue weighted by Gasteiger charge is 2.20. The molecule has 0 saturated carbocycles. The third-order valence-electron chi connectivity index (χ3n) is 5.59. The van der Waals surface area contributed by atoms with Gasteiger partial charge in [0.2, 0.25) is 5.89 Å². The lowest BCUT2D eigenvalue weighted by Gasteiger charge is -2.30. The van der Waals surface area contributed by atoms with Crippen molar-refractivity contribution in [1.29, 1.82) is 0 Å². The third-order valence-corrected chi connectivity index (χ3v) is 5.59. The zero-order chi connectivity index (χ0) is 21.3. The maximum absolute atomic E-state index is 13.3. The van der Waals surface area contributed by atoms with Gasteiger partial charge in [-0.1, -0.05) is 12.1 Å².